The van der Waals surface area contributed by atoms with Gasteiger partial charge in [0, 0.05) is 5.69 Å². The molecule has 0 amide bonds. The lowest BCUT2D eigenvalue weighted by molar-refractivity contribution is 0.481. The number of phenols is 1. The molecule has 31 heavy (non-hydrogen) atoms. The number of aromatic hydroxyl groups is 1. The van der Waals surface area contributed by atoms with Gasteiger partial charge in [-0.05, 0) is 73.2 Å². The first-order valence-electron chi connectivity index (χ1n) is 9.49. The number of nitrogens with one attached hydrogen (secondary N) is 1. The SMILES string of the molecule is Cc1cc(O)c2c(N=Nc3cc(Nc4nc(C)nc(Cl)n4)ccc3C)c(N)ccc2c1. The molecule has 1 aromatic heterocycles. The number of fused-ring (bicyclic) bond motifs is 1. The number of phenolic OH excluding ortho intramolecular Hbond substituents is 1. The van der Waals surface area contributed by atoms with E-state index < -0.39 is 0 Å². The van der Waals surface area contributed by atoms with E-state index in [0.717, 1.165) is 16.5 Å². The van der Waals surface area contributed by atoms with E-state index in [0.29, 0.717) is 39.9 Å². The predicted molar refractivity (Wildman–Crippen MR) is 123 cm³/mol. The number of hydrogen-bond donors (Lipinski definition) is 3. The first-order valence-corrected chi connectivity index (χ1v) is 9.87. The van der Waals surface area contributed by atoms with E-state index >= 15 is 0 Å². The van der Waals surface area contributed by atoms with Crippen LogP contribution in [0.5, 0.6) is 5.75 Å². The minimum absolute atomic E-state index is 0.114. The van der Waals surface area contributed by atoms with Gasteiger partial charge in [-0.15, -0.1) is 5.11 Å². The number of nitrogens with two attached hydrogens (primary N) is 1. The Balaban J connectivity index is 1.71. The highest BCUT2D eigenvalue weighted by Gasteiger charge is 2.11. The highest BCUT2D eigenvalue weighted by Crippen LogP contribution is 2.39. The van der Waals surface area contributed by atoms with Gasteiger partial charge in [0.05, 0.1) is 16.8 Å². The predicted octanol–water partition coefficient (Wildman–Crippen LogP) is 6.05. The Morgan fingerprint density at radius 3 is 2.55 bits per heavy atom. The summed E-state index contributed by atoms with van der Waals surface area (Å²) in [7, 11) is 0. The highest BCUT2D eigenvalue weighted by molar-refractivity contribution is 6.28. The zero-order valence-corrected chi connectivity index (χ0v) is 17.9. The molecule has 1 heterocycles. The summed E-state index contributed by atoms with van der Waals surface area (Å²) in [6, 6.07) is 12.9. The molecule has 0 aliphatic carbocycles. The number of hydrogen-bond acceptors (Lipinski definition) is 8. The summed E-state index contributed by atoms with van der Waals surface area (Å²) in [4.78, 5) is 12.2. The summed E-state index contributed by atoms with van der Waals surface area (Å²) in [6.45, 7) is 5.58. The molecular formula is C22H20ClN7O. The Hall–Kier alpha value is -3.78. The third-order valence-electron chi connectivity index (χ3n) is 4.69. The summed E-state index contributed by atoms with van der Waals surface area (Å²) in [6.07, 6.45) is 0. The zero-order valence-electron chi connectivity index (χ0n) is 17.2. The molecule has 0 aliphatic rings. The largest absolute Gasteiger partial charge is 0.507 e. The van der Waals surface area contributed by atoms with Crippen molar-refractivity contribution in [2.75, 3.05) is 11.1 Å². The molecule has 156 valence electrons. The van der Waals surface area contributed by atoms with Crippen molar-refractivity contribution in [3.63, 3.8) is 0 Å². The van der Waals surface area contributed by atoms with Crippen LogP contribution in [0.4, 0.5) is 28.7 Å². The van der Waals surface area contributed by atoms with Crippen molar-refractivity contribution in [1.82, 2.24) is 15.0 Å². The van der Waals surface area contributed by atoms with Crippen LogP contribution < -0.4 is 11.1 Å². The van der Waals surface area contributed by atoms with Crippen molar-refractivity contribution in [1.29, 1.82) is 0 Å². The van der Waals surface area contributed by atoms with Crippen LogP contribution in [0.1, 0.15) is 17.0 Å². The van der Waals surface area contributed by atoms with Gasteiger partial charge >= 0.3 is 0 Å². The lowest BCUT2D eigenvalue weighted by Gasteiger charge is -2.09. The topological polar surface area (TPSA) is 122 Å². The van der Waals surface area contributed by atoms with E-state index in [4.69, 9.17) is 17.3 Å². The summed E-state index contributed by atoms with van der Waals surface area (Å²) in [5.41, 5.74) is 10.2. The average molecular weight is 434 g/mol. The zero-order chi connectivity index (χ0) is 22.1. The molecule has 4 rings (SSSR count). The number of rotatable bonds is 4. The molecule has 4 aromatic rings. The molecule has 4 N–H and O–H groups in total. The molecule has 0 atom stereocenters. The Labute approximate surface area is 183 Å². The number of aryl methyl sites for hydroxylation is 3. The Morgan fingerprint density at radius 2 is 1.77 bits per heavy atom. The molecule has 0 bridgehead atoms. The maximum absolute atomic E-state index is 10.5. The van der Waals surface area contributed by atoms with Crippen LogP contribution in [0.3, 0.4) is 0 Å². The Morgan fingerprint density at radius 1 is 0.968 bits per heavy atom. The molecular weight excluding hydrogens is 414 g/mol. The van der Waals surface area contributed by atoms with Crippen molar-refractivity contribution in [3.05, 3.63) is 64.7 Å². The first kappa shape index (κ1) is 20.5. The number of nitrogens with zero attached hydrogens (tertiary/aromatic N) is 5. The average Bonchev–Trinajstić information content (AvgIpc) is 2.68. The molecule has 8 nitrogen and oxygen atoms in total. The fourth-order valence-corrected chi connectivity index (χ4v) is 3.43. The van der Waals surface area contributed by atoms with E-state index in [9.17, 15) is 5.11 Å². The molecule has 0 unspecified atom stereocenters. The number of aromatic nitrogens is 3. The lowest BCUT2D eigenvalue weighted by Crippen LogP contribution is -2.01. The second-order valence-corrected chi connectivity index (χ2v) is 7.53. The van der Waals surface area contributed by atoms with E-state index in [1.54, 1.807) is 19.1 Å². The summed E-state index contributed by atoms with van der Waals surface area (Å²) in [5, 5.41) is 23.9. The molecule has 0 radical (unpaired) electrons. The second kappa shape index (κ2) is 8.16. The number of benzene rings is 3. The van der Waals surface area contributed by atoms with Crippen LogP contribution >= 0.6 is 11.6 Å². The normalized spacial score (nSPS) is 11.4. The van der Waals surface area contributed by atoms with E-state index in [-0.39, 0.29) is 11.0 Å². The van der Waals surface area contributed by atoms with Crippen LogP contribution in [-0.2, 0) is 0 Å². The summed E-state index contributed by atoms with van der Waals surface area (Å²) >= 11 is 5.91. The van der Waals surface area contributed by atoms with Gasteiger partial charge in [-0.3, -0.25) is 0 Å². The molecule has 3 aromatic carbocycles. The molecule has 0 aliphatic heterocycles. The second-order valence-electron chi connectivity index (χ2n) is 7.19. The molecule has 9 heteroatoms. The van der Waals surface area contributed by atoms with Gasteiger partial charge in [0.1, 0.15) is 17.3 Å². The van der Waals surface area contributed by atoms with Crippen molar-refractivity contribution in [3.8, 4) is 5.75 Å². The van der Waals surface area contributed by atoms with Gasteiger partial charge in [-0.1, -0.05) is 18.2 Å². The van der Waals surface area contributed by atoms with Crippen molar-refractivity contribution < 1.29 is 5.11 Å². The van der Waals surface area contributed by atoms with Gasteiger partial charge in [-0.2, -0.15) is 15.1 Å². The lowest BCUT2D eigenvalue weighted by atomic mass is 10.0. The van der Waals surface area contributed by atoms with Gasteiger partial charge in [-0.25, -0.2) is 4.98 Å². The maximum atomic E-state index is 10.5. The number of anilines is 3. The van der Waals surface area contributed by atoms with Gasteiger partial charge in [0.25, 0.3) is 0 Å². The van der Waals surface area contributed by atoms with E-state index in [2.05, 4.69) is 30.5 Å². The van der Waals surface area contributed by atoms with E-state index in [1.165, 1.54) is 0 Å². The molecule has 0 saturated heterocycles. The Bertz CT molecular complexity index is 1320. The van der Waals surface area contributed by atoms with Crippen LogP contribution in [0.25, 0.3) is 10.8 Å². The third kappa shape index (κ3) is 4.39. The molecule has 0 fully saturated rings. The van der Waals surface area contributed by atoms with Crippen molar-refractivity contribution in [2.45, 2.75) is 20.8 Å². The maximum Gasteiger partial charge on any atom is 0.231 e. The van der Waals surface area contributed by atoms with Crippen molar-refractivity contribution >= 4 is 51.1 Å². The first-order chi connectivity index (χ1) is 14.8. The quantitative estimate of drug-likeness (QED) is 0.266. The molecule has 0 spiro atoms. The molecule has 0 saturated carbocycles. The minimum Gasteiger partial charge on any atom is -0.507 e. The number of nitrogen functional groups attached to an aromatic ring is 1. The monoisotopic (exact) mass is 433 g/mol. The number of halogens is 1. The van der Waals surface area contributed by atoms with Crippen LogP contribution in [0.15, 0.2) is 52.7 Å². The summed E-state index contributed by atoms with van der Waals surface area (Å²) in [5.74, 6) is 0.962. The Kier molecular flexibility index (Phi) is 5.39. The van der Waals surface area contributed by atoms with Gasteiger partial charge in [0.15, 0.2) is 0 Å². The van der Waals surface area contributed by atoms with Crippen LogP contribution in [0, 0.1) is 20.8 Å². The highest BCUT2D eigenvalue weighted by atomic mass is 35.5. The van der Waals surface area contributed by atoms with Crippen LogP contribution in [-0.4, -0.2) is 20.1 Å². The standard InChI is InChI=1S/C22H20ClN7O/c1-11-8-14-5-7-16(24)20(19(14)18(31)9-11)30-29-17-10-15(6-4-12(17)2)27-22-26-13(3)25-21(23)28-22/h4-10,31H,24H2,1-3H3,(H,25,26,27,28). The smallest absolute Gasteiger partial charge is 0.231 e. The van der Waals surface area contributed by atoms with Gasteiger partial charge < -0.3 is 16.2 Å². The summed E-state index contributed by atoms with van der Waals surface area (Å²) < 4.78 is 0. The third-order valence-corrected chi connectivity index (χ3v) is 4.86. The minimum atomic E-state index is 0.114. The van der Waals surface area contributed by atoms with Gasteiger partial charge in [0.2, 0.25) is 11.2 Å². The van der Waals surface area contributed by atoms with Crippen molar-refractivity contribution in [2.24, 2.45) is 10.2 Å². The van der Waals surface area contributed by atoms with E-state index in [1.807, 2.05) is 44.2 Å². The van der Waals surface area contributed by atoms with Crippen LogP contribution in [0.2, 0.25) is 5.28 Å². The fourth-order valence-electron chi connectivity index (χ4n) is 3.23. The fraction of sp³-hybridized carbons (Fsp3) is 0.136. The number of azo groups is 1.